The van der Waals surface area contributed by atoms with Gasteiger partial charge in [0.1, 0.15) is 11.3 Å². The van der Waals surface area contributed by atoms with Crippen molar-refractivity contribution in [3.63, 3.8) is 0 Å². The molecule has 0 spiro atoms. The average Bonchev–Trinajstić information content (AvgIpc) is 3.23. The molecule has 154 valence electrons. The van der Waals surface area contributed by atoms with Gasteiger partial charge in [0.25, 0.3) is 5.91 Å². The molecule has 0 saturated carbocycles. The van der Waals surface area contributed by atoms with Gasteiger partial charge in [-0.05, 0) is 24.8 Å². The summed E-state index contributed by atoms with van der Waals surface area (Å²) in [6, 6.07) is 19.5. The second-order valence-electron chi connectivity index (χ2n) is 7.46. The molecule has 0 atom stereocenters. The Kier molecular flexibility index (Phi) is 6.23. The van der Waals surface area contributed by atoms with Crippen molar-refractivity contribution in [1.29, 1.82) is 0 Å². The Balaban J connectivity index is 1.52. The van der Waals surface area contributed by atoms with Gasteiger partial charge in [-0.3, -0.25) is 9.48 Å². The van der Waals surface area contributed by atoms with Gasteiger partial charge in [-0.25, -0.2) is 4.79 Å². The number of hydrogen-bond donors (Lipinski definition) is 0. The van der Waals surface area contributed by atoms with E-state index >= 15 is 0 Å². The van der Waals surface area contributed by atoms with Crippen LogP contribution >= 0.6 is 0 Å². The lowest BCUT2D eigenvalue weighted by atomic mass is 10.1. The zero-order valence-electron chi connectivity index (χ0n) is 16.9. The van der Waals surface area contributed by atoms with Crippen molar-refractivity contribution in [2.75, 3.05) is 19.7 Å². The fraction of sp³-hybridized carbons (Fsp3) is 0.292. The van der Waals surface area contributed by atoms with Gasteiger partial charge in [0.05, 0.1) is 6.54 Å². The topological polar surface area (TPSA) is 64.4 Å². The Morgan fingerprint density at radius 2 is 1.57 bits per heavy atom. The average molecular weight is 403 g/mol. The Morgan fingerprint density at radius 3 is 2.27 bits per heavy atom. The Labute approximate surface area is 176 Å². The van der Waals surface area contributed by atoms with E-state index in [1.165, 1.54) is 0 Å². The van der Waals surface area contributed by atoms with E-state index in [4.69, 9.17) is 4.74 Å². The molecule has 3 aromatic rings. The lowest BCUT2D eigenvalue weighted by Gasteiger charge is -2.26. The SMILES string of the molecule is O=C(OCC(=O)N1CCCCC1)c1cn(Cc2ccccc2)nc1-c1ccccc1. The molecule has 2 heterocycles. The summed E-state index contributed by atoms with van der Waals surface area (Å²) in [5.74, 6) is -0.667. The van der Waals surface area contributed by atoms with Crippen LogP contribution in [0.15, 0.2) is 66.9 Å². The third-order valence-corrected chi connectivity index (χ3v) is 5.25. The molecule has 6 nitrogen and oxygen atoms in total. The number of carbonyl (C=O) groups excluding carboxylic acids is 2. The summed E-state index contributed by atoms with van der Waals surface area (Å²) in [5, 5.41) is 4.63. The van der Waals surface area contributed by atoms with Crippen LogP contribution in [0, 0.1) is 0 Å². The number of esters is 1. The maximum absolute atomic E-state index is 12.8. The highest BCUT2D eigenvalue weighted by atomic mass is 16.5. The maximum atomic E-state index is 12.8. The predicted octanol–water partition coefficient (Wildman–Crippen LogP) is 3.77. The van der Waals surface area contributed by atoms with E-state index < -0.39 is 5.97 Å². The van der Waals surface area contributed by atoms with Crippen LogP contribution in [0.3, 0.4) is 0 Å². The Hall–Kier alpha value is -3.41. The second kappa shape index (κ2) is 9.39. The summed E-state index contributed by atoms with van der Waals surface area (Å²) in [6.45, 7) is 1.78. The molecule has 1 aromatic heterocycles. The van der Waals surface area contributed by atoms with E-state index in [9.17, 15) is 9.59 Å². The van der Waals surface area contributed by atoms with Gasteiger partial charge in [0, 0.05) is 24.8 Å². The molecule has 0 aliphatic carbocycles. The van der Waals surface area contributed by atoms with Crippen molar-refractivity contribution in [1.82, 2.24) is 14.7 Å². The quantitative estimate of drug-likeness (QED) is 0.588. The zero-order chi connectivity index (χ0) is 20.8. The molecular formula is C24H25N3O3. The smallest absolute Gasteiger partial charge is 0.342 e. The highest BCUT2D eigenvalue weighted by molar-refractivity contribution is 5.97. The molecule has 0 bridgehead atoms. The van der Waals surface area contributed by atoms with Crippen LogP contribution in [0.25, 0.3) is 11.3 Å². The molecule has 2 aromatic carbocycles. The molecule has 1 aliphatic heterocycles. The highest BCUT2D eigenvalue weighted by Crippen LogP contribution is 2.23. The van der Waals surface area contributed by atoms with Gasteiger partial charge in [0.2, 0.25) is 0 Å². The molecule has 30 heavy (non-hydrogen) atoms. The molecule has 0 N–H and O–H groups in total. The van der Waals surface area contributed by atoms with Crippen LogP contribution < -0.4 is 0 Å². The minimum atomic E-state index is -0.529. The fourth-order valence-corrected chi connectivity index (χ4v) is 3.67. The van der Waals surface area contributed by atoms with Crippen LogP contribution in [0.1, 0.15) is 35.2 Å². The largest absolute Gasteiger partial charge is 0.452 e. The van der Waals surface area contributed by atoms with Crippen molar-refractivity contribution in [3.05, 3.63) is 78.0 Å². The maximum Gasteiger partial charge on any atom is 0.342 e. The number of piperidine rings is 1. The third-order valence-electron chi connectivity index (χ3n) is 5.25. The molecule has 6 heteroatoms. The molecule has 1 aliphatic rings. The number of benzene rings is 2. The van der Waals surface area contributed by atoms with Crippen LogP contribution in [0.5, 0.6) is 0 Å². The van der Waals surface area contributed by atoms with Crippen molar-refractivity contribution < 1.29 is 14.3 Å². The molecule has 0 unspecified atom stereocenters. The first-order chi connectivity index (χ1) is 14.7. The van der Waals surface area contributed by atoms with E-state index in [1.54, 1.807) is 15.8 Å². The van der Waals surface area contributed by atoms with Crippen molar-refractivity contribution >= 4 is 11.9 Å². The third kappa shape index (κ3) is 4.76. The molecule has 1 amide bonds. The summed E-state index contributed by atoms with van der Waals surface area (Å²) >= 11 is 0. The van der Waals surface area contributed by atoms with Crippen LogP contribution in [-0.4, -0.2) is 46.3 Å². The van der Waals surface area contributed by atoms with E-state index in [0.717, 1.165) is 43.5 Å². The zero-order valence-corrected chi connectivity index (χ0v) is 16.9. The Morgan fingerprint density at radius 1 is 0.900 bits per heavy atom. The van der Waals surface area contributed by atoms with Crippen LogP contribution in [0.2, 0.25) is 0 Å². The first kappa shape index (κ1) is 19.9. The summed E-state index contributed by atoms with van der Waals surface area (Å²) < 4.78 is 7.12. The number of carbonyl (C=O) groups is 2. The van der Waals surface area contributed by atoms with Gasteiger partial charge >= 0.3 is 5.97 Å². The van der Waals surface area contributed by atoms with Crippen molar-refractivity contribution in [2.24, 2.45) is 0 Å². The second-order valence-corrected chi connectivity index (χ2v) is 7.46. The normalized spacial score (nSPS) is 13.8. The highest BCUT2D eigenvalue weighted by Gasteiger charge is 2.22. The monoisotopic (exact) mass is 403 g/mol. The van der Waals surface area contributed by atoms with Crippen molar-refractivity contribution in [3.8, 4) is 11.3 Å². The predicted molar refractivity (Wildman–Crippen MR) is 114 cm³/mol. The van der Waals surface area contributed by atoms with Gasteiger partial charge in [0.15, 0.2) is 6.61 Å². The van der Waals surface area contributed by atoms with E-state index in [0.29, 0.717) is 17.8 Å². The molecule has 4 rings (SSSR count). The summed E-state index contributed by atoms with van der Waals surface area (Å²) in [4.78, 5) is 27.0. The standard InChI is InChI=1S/C24H25N3O3/c28-22(26-14-8-3-9-15-26)18-30-24(29)21-17-27(16-19-10-4-1-5-11-19)25-23(21)20-12-6-2-7-13-20/h1-2,4-7,10-13,17H,3,8-9,14-16,18H2. The summed E-state index contributed by atoms with van der Waals surface area (Å²) in [7, 11) is 0. The van der Waals surface area contributed by atoms with Crippen LogP contribution in [0.4, 0.5) is 0 Å². The van der Waals surface area contributed by atoms with Gasteiger partial charge in [-0.2, -0.15) is 5.10 Å². The number of amides is 1. The minimum Gasteiger partial charge on any atom is -0.452 e. The molecule has 1 saturated heterocycles. The first-order valence-electron chi connectivity index (χ1n) is 10.3. The number of ether oxygens (including phenoxy) is 1. The number of rotatable bonds is 6. The molecule has 0 radical (unpaired) electrons. The van der Waals surface area contributed by atoms with E-state index in [1.807, 2.05) is 60.7 Å². The van der Waals surface area contributed by atoms with E-state index in [2.05, 4.69) is 5.10 Å². The Bertz CT molecular complexity index is 993. The number of hydrogen-bond acceptors (Lipinski definition) is 4. The van der Waals surface area contributed by atoms with Gasteiger partial charge in [-0.15, -0.1) is 0 Å². The number of nitrogens with zero attached hydrogens (tertiary/aromatic N) is 3. The van der Waals surface area contributed by atoms with Crippen molar-refractivity contribution in [2.45, 2.75) is 25.8 Å². The van der Waals surface area contributed by atoms with Crippen LogP contribution in [-0.2, 0) is 16.1 Å². The van der Waals surface area contributed by atoms with Gasteiger partial charge < -0.3 is 9.64 Å². The summed E-state index contributed by atoms with van der Waals surface area (Å²) in [5.41, 5.74) is 2.84. The molecular weight excluding hydrogens is 378 g/mol. The number of likely N-dealkylation sites (tertiary alicyclic amines) is 1. The molecule has 1 fully saturated rings. The lowest BCUT2D eigenvalue weighted by molar-refractivity contribution is -0.135. The summed E-state index contributed by atoms with van der Waals surface area (Å²) in [6.07, 6.45) is 4.85. The number of aromatic nitrogens is 2. The fourth-order valence-electron chi connectivity index (χ4n) is 3.67. The lowest BCUT2D eigenvalue weighted by Crippen LogP contribution is -2.38. The first-order valence-corrected chi connectivity index (χ1v) is 10.3. The minimum absolute atomic E-state index is 0.138. The van der Waals surface area contributed by atoms with Gasteiger partial charge in [-0.1, -0.05) is 60.7 Å². The van der Waals surface area contributed by atoms with E-state index in [-0.39, 0.29) is 12.5 Å².